The maximum Gasteiger partial charge on any atom is 0.239 e. The minimum absolute atomic E-state index is 0. The number of halogens is 1. The smallest absolute Gasteiger partial charge is 0.239 e. The van der Waals surface area contributed by atoms with Crippen LogP contribution in [0, 0.1) is 6.92 Å². The van der Waals surface area contributed by atoms with Gasteiger partial charge in [0.05, 0.1) is 6.04 Å². The van der Waals surface area contributed by atoms with Crippen molar-refractivity contribution in [3.63, 3.8) is 0 Å². The number of amides is 1. The number of aryl methyl sites for hydroxylation is 1. The highest BCUT2D eigenvalue weighted by atomic mass is 127. The summed E-state index contributed by atoms with van der Waals surface area (Å²) in [5.41, 5.74) is 2.54. The highest BCUT2D eigenvalue weighted by Crippen LogP contribution is 2.18. The standard InChI is InChI=1S/C23H40N6O.HI/c1-6-28(20-11-7-10-19(2)18-20)17-14-26-23(24-3)25-13-9-16-29-15-8-12-21(29)22(30)27(4)5;/h7,10-11,18,21H,6,8-9,12-17H2,1-5H3,(H2,24,25,26);1H. The molecule has 1 fully saturated rings. The Morgan fingerprint density at radius 3 is 2.65 bits per heavy atom. The van der Waals surface area contributed by atoms with Gasteiger partial charge in [-0.3, -0.25) is 14.7 Å². The average Bonchev–Trinajstić information content (AvgIpc) is 3.20. The molecule has 0 spiro atoms. The van der Waals surface area contributed by atoms with Crippen LogP contribution >= 0.6 is 24.0 Å². The van der Waals surface area contributed by atoms with E-state index in [4.69, 9.17) is 0 Å². The van der Waals surface area contributed by atoms with Gasteiger partial charge in [-0.25, -0.2) is 0 Å². The van der Waals surface area contributed by atoms with E-state index < -0.39 is 0 Å². The Labute approximate surface area is 205 Å². The van der Waals surface area contributed by atoms with Gasteiger partial charge in [0, 0.05) is 59.6 Å². The van der Waals surface area contributed by atoms with Crippen molar-refractivity contribution in [2.75, 3.05) is 65.3 Å². The fourth-order valence-electron chi connectivity index (χ4n) is 3.98. The number of rotatable bonds is 10. The van der Waals surface area contributed by atoms with Crippen LogP contribution in [0.1, 0.15) is 31.7 Å². The van der Waals surface area contributed by atoms with Gasteiger partial charge in [0.1, 0.15) is 0 Å². The first kappa shape index (κ1) is 27.5. The fraction of sp³-hybridized carbons (Fsp3) is 0.652. The Kier molecular flexibility index (Phi) is 12.9. The van der Waals surface area contributed by atoms with E-state index in [0.29, 0.717) is 0 Å². The lowest BCUT2D eigenvalue weighted by atomic mass is 10.2. The number of aliphatic imine (C=N–C) groups is 1. The van der Waals surface area contributed by atoms with E-state index in [1.165, 1.54) is 11.3 Å². The summed E-state index contributed by atoms with van der Waals surface area (Å²) in [6.07, 6.45) is 3.07. The van der Waals surface area contributed by atoms with Crippen molar-refractivity contribution >= 4 is 41.5 Å². The summed E-state index contributed by atoms with van der Waals surface area (Å²) in [5, 5.41) is 6.81. The van der Waals surface area contributed by atoms with Crippen molar-refractivity contribution < 1.29 is 4.79 Å². The van der Waals surface area contributed by atoms with E-state index in [2.05, 4.69) is 63.5 Å². The topological polar surface area (TPSA) is 63.2 Å². The molecule has 1 heterocycles. The fourth-order valence-corrected chi connectivity index (χ4v) is 3.98. The molecule has 0 bridgehead atoms. The molecule has 0 aromatic heterocycles. The summed E-state index contributed by atoms with van der Waals surface area (Å²) >= 11 is 0. The van der Waals surface area contributed by atoms with E-state index in [-0.39, 0.29) is 35.9 Å². The van der Waals surface area contributed by atoms with Gasteiger partial charge in [-0.1, -0.05) is 12.1 Å². The largest absolute Gasteiger partial charge is 0.370 e. The van der Waals surface area contributed by atoms with Gasteiger partial charge in [0.25, 0.3) is 0 Å². The van der Waals surface area contributed by atoms with Crippen molar-refractivity contribution in [3.05, 3.63) is 29.8 Å². The number of carbonyl (C=O) groups excluding carboxylic acids is 1. The zero-order valence-electron chi connectivity index (χ0n) is 19.9. The lowest BCUT2D eigenvalue weighted by Crippen LogP contribution is -2.44. The van der Waals surface area contributed by atoms with Crippen LogP contribution in [-0.4, -0.2) is 88.1 Å². The van der Waals surface area contributed by atoms with Crippen molar-refractivity contribution in [2.24, 2.45) is 4.99 Å². The third-order valence-corrected chi connectivity index (χ3v) is 5.65. The minimum atomic E-state index is 0. The number of carbonyl (C=O) groups is 1. The van der Waals surface area contributed by atoms with Gasteiger partial charge < -0.3 is 20.4 Å². The number of nitrogens with zero attached hydrogens (tertiary/aromatic N) is 4. The van der Waals surface area contributed by atoms with Crippen molar-refractivity contribution in [1.29, 1.82) is 0 Å². The van der Waals surface area contributed by atoms with Gasteiger partial charge in [-0.05, 0) is 57.4 Å². The summed E-state index contributed by atoms with van der Waals surface area (Å²) < 4.78 is 0. The SMILES string of the molecule is CCN(CCNC(=NC)NCCCN1CCCC1C(=O)N(C)C)c1cccc(C)c1.I. The number of likely N-dealkylation sites (N-methyl/N-ethyl adjacent to an activating group) is 2. The molecule has 1 aliphatic rings. The summed E-state index contributed by atoms with van der Waals surface area (Å²) in [6.45, 7) is 9.82. The number of hydrogen-bond donors (Lipinski definition) is 2. The molecule has 1 aromatic carbocycles. The number of hydrogen-bond acceptors (Lipinski definition) is 4. The Morgan fingerprint density at radius 1 is 1.26 bits per heavy atom. The quantitative estimate of drug-likeness (QED) is 0.205. The van der Waals surface area contributed by atoms with Gasteiger partial charge in [-0.2, -0.15) is 0 Å². The number of likely N-dealkylation sites (tertiary alicyclic amines) is 1. The van der Waals surface area contributed by atoms with E-state index in [1.807, 2.05) is 14.1 Å². The Bertz CT molecular complexity index is 696. The molecule has 1 amide bonds. The Morgan fingerprint density at radius 2 is 2.00 bits per heavy atom. The van der Waals surface area contributed by atoms with Crippen molar-refractivity contribution in [1.82, 2.24) is 20.4 Å². The third kappa shape index (κ3) is 8.84. The molecule has 31 heavy (non-hydrogen) atoms. The first-order chi connectivity index (χ1) is 14.5. The molecule has 1 aliphatic heterocycles. The first-order valence-corrected chi connectivity index (χ1v) is 11.2. The predicted octanol–water partition coefficient (Wildman–Crippen LogP) is 2.55. The first-order valence-electron chi connectivity index (χ1n) is 11.2. The highest BCUT2D eigenvalue weighted by Gasteiger charge is 2.30. The average molecular weight is 545 g/mol. The van der Waals surface area contributed by atoms with E-state index >= 15 is 0 Å². The van der Waals surface area contributed by atoms with Crippen molar-refractivity contribution in [2.45, 2.75) is 39.2 Å². The molecule has 176 valence electrons. The molecule has 0 saturated carbocycles. The lowest BCUT2D eigenvalue weighted by molar-refractivity contribution is -0.133. The molecule has 1 saturated heterocycles. The maximum absolute atomic E-state index is 12.3. The second-order valence-corrected chi connectivity index (χ2v) is 8.12. The van der Waals surface area contributed by atoms with E-state index in [9.17, 15) is 4.79 Å². The zero-order chi connectivity index (χ0) is 21.9. The Hall–Kier alpha value is -1.55. The molecule has 1 unspecified atom stereocenters. The number of nitrogens with one attached hydrogen (secondary N) is 2. The second-order valence-electron chi connectivity index (χ2n) is 8.12. The molecular weight excluding hydrogens is 503 g/mol. The van der Waals surface area contributed by atoms with Crippen LogP contribution in [0.25, 0.3) is 0 Å². The highest BCUT2D eigenvalue weighted by molar-refractivity contribution is 14.0. The molecule has 0 radical (unpaired) electrons. The van der Waals surface area contributed by atoms with E-state index in [0.717, 1.165) is 64.5 Å². The van der Waals surface area contributed by atoms with Crippen LogP contribution in [0.4, 0.5) is 5.69 Å². The van der Waals surface area contributed by atoms with Crippen LogP contribution in [0.2, 0.25) is 0 Å². The van der Waals surface area contributed by atoms with Gasteiger partial charge in [0.2, 0.25) is 5.91 Å². The molecule has 7 nitrogen and oxygen atoms in total. The number of anilines is 1. The predicted molar refractivity (Wildman–Crippen MR) is 142 cm³/mol. The van der Waals surface area contributed by atoms with Crippen LogP contribution < -0.4 is 15.5 Å². The molecule has 2 N–H and O–H groups in total. The van der Waals surface area contributed by atoms with E-state index in [1.54, 1.807) is 11.9 Å². The maximum atomic E-state index is 12.3. The second kappa shape index (κ2) is 14.5. The van der Waals surface area contributed by atoms with Crippen LogP contribution in [0.5, 0.6) is 0 Å². The lowest BCUT2D eigenvalue weighted by Gasteiger charge is -2.26. The summed E-state index contributed by atoms with van der Waals surface area (Å²) in [6, 6.07) is 8.68. The molecular formula is C23H41IN6O. The zero-order valence-corrected chi connectivity index (χ0v) is 22.2. The van der Waals surface area contributed by atoms with Gasteiger partial charge >= 0.3 is 0 Å². The molecule has 2 rings (SSSR count). The summed E-state index contributed by atoms with van der Waals surface area (Å²) in [7, 11) is 5.49. The van der Waals surface area contributed by atoms with Gasteiger partial charge in [-0.15, -0.1) is 24.0 Å². The molecule has 1 aromatic rings. The monoisotopic (exact) mass is 544 g/mol. The number of benzene rings is 1. The minimum Gasteiger partial charge on any atom is -0.370 e. The van der Waals surface area contributed by atoms with Crippen LogP contribution in [-0.2, 0) is 4.79 Å². The summed E-state index contributed by atoms with van der Waals surface area (Å²) in [4.78, 5) is 23.0. The normalized spacial score (nSPS) is 16.5. The molecule has 1 atom stereocenters. The van der Waals surface area contributed by atoms with Crippen LogP contribution in [0.15, 0.2) is 29.3 Å². The van der Waals surface area contributed by atoms with Crippen LogP contribution in [0.3, 0.4) is 0 Å². The Balaban J connectivity index is 0.00000480. The van der Waals surface area contributed by atoms with Crippen molar-refractivity contribution in [3.8, 4) is 0 Å². The number of guanidine groups is 1. The molecule has 8 heteroatoms. The molecule has 0 aliphatic carbocycles. The summed E-state index contributed by atoms with van der Waals surface area (Å²) in [5.74, 6) is 1.06. The third-order valence-electron chi connectivity index (χ3n) is 5.65. The van der Waals surface area contributed by atoms with Gasteiger partial charge in [0.15, 0.2) is 5.96 Å².